The van der Waals surface area contributed by atoms with E-state index in [0.717, 1.165) is 19.5 Å². The van der Waals surface area contributed by atoms with E-state index in [-0.39, 0.29) is 6.54 Å². The van der Waals surface area contributed by atoms with Crippen LogP contribution in [0.4, 0.5) is 0 Å². The lowest BCUT2D eigenvalue weighted by Gasteiger charge is -2.18. The van der Waals surface area contributed by atoms with Crippen molar-refractivity contribution in [3.8, 4) is 0 Å². The average molecular weight is 272 g/mol. The topological polar surface area (TPSA) is 68.2 Å². The Balaban J connectivity index is 1.91. The van der Waals surface area contributed by atoms with E-state index in [4.69, 9.17) is 10.3 Å². The Morgan fingerprint density at radius 2 is 2.10 bits per heavy atom. The van der Waals surface area contributed by atoms with Gasteiger partial charge in [-0.05, 0) is 12.0 Å². The van der Waals surface area contributed by atoms with Gasteiger partial charge in [0.05, 0.1) is 13.1 Å². The zero-order valence-electron chi connectivity index (χ0n) is 11.5. The van der Waals surface area contributed by atoms with Crippen molar-refractivity contribution in [2.24, 2.45) is 5.73 Å². The Morgan fingerprint density at radius 1 is 1.30 bits per heavy atom. The van der Waals surface area contributed by atoms with Crippen LogP contribution in [0.1, 0.15) is 17.3 Å². The van der Waals surface area contributed by atoms with Gasteiger partial charge >= 0.3 is 0 Å². The van der Waals surface area contributed by atoms with Gasteiger partial charge in [0, 0.05) is 13.1 Å². The molecule has 2 aromatic rings. The second kappa shape index (κ2) is 7.57. The minimum atomic E-state index is 0.276. The summed E-state index contributed by atoms with van der Waals surface area (Å²) in [5.74, 6) is 1.14. The molecule has 20 heavy (non-hydrogen) atoms. The van der Waals surface area contributed by atoms with Crippen LogP contribution < -0.4 is 5.73 Å². The van der Waals surface area contributed by atoms with Crippen LogP contribution in [0.25, 0.3) is 0 Å². The van der Waals surface area contributed by atoms with Crippen molar-refractivity contribution in [3.05, 3.63) is 60.3 Å². The van der Waals surface area contributed by atoms with Gasteiger partial charge < -0.3 is 10.3 Å². The summed E-state index contributed by atoms with van der Waals surface area (Å²) >= 11 is 0. The van der Waals surface area contributed by atoms with Crippen LogP contribution in [0.5, 0.6) is 0 Å². The fourth-order valence-electron chi connectivity index (χ4n) is 1.99. The number of rotatable bonds is 8. The molecule has 0 aliphatic carbocycles. The molecular formula is C15H20N4O. The molecule has 0 spiro atoms. The van der Waals surface area contributed by atoms with E-state index in [1.807, 2.05) is 12.1 Å². The van der Waals surface area contributed by atoms with E-state index >= 15 is 0 Å². The van der Waals surface area contributed by atoms with Crippen LogP contribution in [0.2, 0.25) is 0 Å². The summed E-state index contributed by atoms with van der Waals surface area (Å²) in [5, 5.41) is 3.92. The van der Waals surface area contributed by atoms with Gasteiger partial charge in [-0.2, -0.15) is 4.98 Å². The first kappa shape index (κ1) is 14.4. The summed E-state index contributed by atoms with van der Waals surface area (Å²) < 4.78 is 5.02. The van der Waals surface area contributed by atoms with Gasteiger partial charge in [-0.25, -0.2) is 0 Å². The molecule has 1 heterocycles. The molecule has 1 aromatic carbocycles. The van der Waals surface area contributed by atoms with E-state index < -0.39 is 0 Å². The highest BCUT2D eigenvalue weighted by Gasteiger charge is 2.10. The summed E-state index contributed by atoms with van der Waals surface area (Å²) in [6.07, 6.45) is 2.87. The Hall–Kier alpha value is -1.98. The van der Waals surface area contributed by atoms with Crippen LogP contribution in [0, 0.1) is 0 Å². The lowest BCUT2D eigenvalue weighted by Crippen LogP contribution is -2.26. The summed E-state index contributed by atoms with van der Waals surface area (Å²) in [6, 6.07) is 10.4. The Morgan fingerprint density at radius 3 is 2.75 bits per heavy atom. The molecule has 5 nitrogen and oxygen atoms in total. The van der Waals surface area contributed by atoms with Crippen molar-refractivity contribution in [2.45, 2.75) is 19.5 Å². The second-order valence-electron chi connectivity index (χ2n) is 4.57. The summed E-state index contributed by atoms with van der Waals surface area (Å²) in [6.45, 7) is 6.42. The Labute approximate surface area is 119 Å². The van der Waals surface area contributed by atoms with E-state index in [1.54, 1.807) is 0 Å². The number of nitrogens with two attached hydrogens (primary N) is 1. The maximum Gasteiger partial charge on any atom is 0.240 e. The summed E-state index contributed by atoms with van der Waals surface area (Å²) in [5.41, 5.74) is 6.78. The first-order valence-electron chi connectivity index (χ1n) is 6.70. The summed E-state index contributed by atoms with van der Waals surface area (Å²) in [7, 11) is 0. The number of aromatic nitrogens is 2. The fourth-order valence-corrected chi connectivity index (χ4v) is 1.99. The highest BCUT2D eigenvalue weighted by Crippen LogP contribution is 2.05. The Bertz CT molecular complexity index is 524. The lowest BCUT2D eigenvalue weighted by atomic mass is 10.1. The molecule has 2 N–H and O–H groups in total. The zero-order chi connectivity index (χ0) is 14.2. The van der Waals surface area contributed by atoms with Crippen molar-refractivity contribution >= 4 is 0 Å². The SMILES string of the molecule is C=CCN(CCc1ccccc1)Cc1noc(CN)n1. The molecule has 0 aliphatic rings. The van der Waals surface area contributed by atoms with Gasteiger partial charge in [0.1, 0.15) is 0 Å². The van der Waals surface area contributed by atoms with Crippen LogP contribution in [0.3, 0.4) is 0 Å². The van der Waals surface area contributed by atoms with Crippen LogP contribution >= 0.6 is 0 Å². The van der Waals surface area contributed by atoms with Crippen molar-refractivity contribution in [1.82, 2.24) is 15.0 Å². The minimum Gasteiger partial charge on any atom is -0.338 e. The second-order valence-corrected chi connectivity index (χ2v) is 4.57. The molecule has 0 fully saturated rings. The first-order chi connectivity index (χ1) is 9.81. The minimum absolute atomic E-state index is 0.276. The van der Waals surface area contributed by atoms with Crippen molar-refractivity contribution in [3.63, 3.8) is 0 Å². The number of hydrogen-bond donors (Lipinski definition) is 1. The van der Waals surface area contributed by atoms with Gasteiger partial charge in [-0.3, -0.25) is 4.90 Å². The third-order valence-corrected chi connectivity index (χ3v) is 3.00. The predicted octanol–water partition coefficient (Wildman–Crippen LogP) is 1.76. The van der Waals surface area contributed by atoms with E-state index in [2.05, 4.69) is 45.9 Å². The molecule has 106 valence electrons. The molecule has 0 aliphatic heterocycles. The van der Waals surface area contributed by atoms with Crippen molar-refractivity contribution in [1.29, 1.82) is 0 Å². The maximum atomic E-state index is 5.46. The average Bonchev–Trinajstić information content (AvgIpc) is 2.94. The molecule has 0 saturated heterocycles. The maximum absolute atomic E-state index is 5.46. The molecule has 0 bridgehead atoms. The largest absolute Gasteiger partial charge is 0.338 e. The normalized spacial score (nSPS) is 10.9. The predicted molar refractivity (Wildman–Crippen MR) is 77.8 cm³/mol. The number of nitrogens with zero attached hydrogens (tertiary/aromatic N) is 3. The zero-order valence-corrected chi connectivity index (χ0v) is 11.5. The Kier molecular flexibility index (Phi) is 5.46. The quantitative estimate of drug-likeness (QED) is 0.742. The van der Waals surface area contributed by atoms with Crippen LogP contribution in [0.15, 0.2) is 47.5 Å². The molecule has 0 atom stereocenters. The van der Waals surface area contributed by atoms with Gasteiger partial charge in [0.15, 0.2) is 5.82 Å². The lowest BCUT2D eigenvalue weighted by molar-refractivity contribution is 0.283. The van der Waals surface area contributed by atoms with E-state index in [0.29, 0.717) is 18.3 Å². The highest BCUT2D eigenvalue weighted by molar-refractivity contribution is 5.14. The van der Waals surface area contributed by atoms with Crippen LogP contribution in [-0.4, -0.2) is 28.1 Å². The smallest absolute Gasteiger partial charge is 0.240 e. The van der Waals surface area contributed by atoms with Crippen molar-refractivity contribution in [2.75, 3.05) is 13.1 Å². The first-order valence-corrected chi connectivity index (χ1v) is 6.70. The third kappa shape index (κ3) is 4.29. The fraction of sp³-hybridized carbons (Fsp3) is 0.333. The van der Waals surface area contributed by atoms with Gasteiger partial charge in [-0.15, -0.1) is 6.58 Å². The van der Waals surface area contributed by atoms with Gasteiger partial charge in [0.25, 0.3) is 0 Å². The van der Waals surface area contributed by atoms with Gasteiger partial charge in [-0.1, -0.05) is 41.6 Å². The van der Waals surface area contributed by atoms with E-state index in [1.165, 1.54) is 5.56 Å². The third-order valence-electron chi connectivity index (χ3n) is 3.00. The standard InChI is InChI=1S/C15H20N4O/c1-2-9-19(10-8-13-6-4-3-5-7-13)12-14-17-15(11-16)20-18-14/h2-7H,1,8-12,16H2. The van der Waals surface area contributed by atoms with Crippen molar-refractivity contribution < 1.29 is 4.52 Å². The molecule has 0 radical (unpaired) electrons. The summed E-state index contributed by atoms with van der Waals surface area (Å²) in [4.78, 5) is 6.45. The number of benzene rings is 1. The highest BCUT2D eigenvalue weighted by atomic mass is 16.5. The monoisotopic (exact) mass is 272 g/mol. The molecule has 0 amide bonds. The molecule has 2 rings (SSSR count). The van der Waals surface area contributed by atoms with Crippen LogP contribution in [-0.2, 0) is 19.5 Å². The molecular weight excluding hydrogens is 252 g/mol. The number of hydrogen-bond acceptors (Lipinski definition) is 5. The van der Waals surface area contributed by atoms with Gasteiger partial charge in [0.2, 0.25) is 5.89 Å². The molecule has 0 unspecified atom stereocenters. The molecule has 5 heteroatoms. The van der Waals surface area contributed by atoms with E-state index in [9.17, 15) is 0 Å². The molecule has 1 aromatic heterocycles. The molecule has 0 saturated carbocycles.